The van der Waals surface area contributed by atoms with E-state index in [1.807, 2.05) is 4.90 Å². The third-order valence-corrected chi connectivity index (χ3v) is 6.33. The number of benzene rings is 1. The van der Waals surface area contributed by atoms with Crippen LogP contribution in [-0.4, -0.2) is 92.1 Å². The van der Waals surface area contributed by atoms with Crippen molar-refractivity contribution in [2.45, 2.75) is 6.10 Å². The van der Waals surface area contributed by atoms with E-state index in [-0.39, 0.29) is 37.3 Å². The number of hydrazine groups is 1. The molecular weight excluding hydrogens is 517 g/mol. The Bertz CT molecular complexity index is 1190. The molecule has 1 aromatic heterocycles. The number of carbonyl (C=O) groups is 3. The Labute approximate surface area is 224 Å². The van der Waals surface area contributed by atoms with Gasteiger partial charge in [-0.25, -0.2) is 14.6 Å². The van der Waals surface area contributed by atoms with Gasteiger partial charge in [0.25, 0.3) is 17.0 Å². The highest BCUT2D eigenvalue weighted by Crippen LogP contribution is 2.28. The fraction of sp³-hybridized carbons (Fsp3) is 0.375. The second-order valence-electron chi connectivity index (χ2n) is 8.49. The molecule has 0 aliphatic carbocycles. The quantitative estimate of drug-likeness (QED) is 0.427. The van der Waals surface area contributed by atoms with Gasteiger partial charge in [-0.05, 0) is 42.5 Å². The number of hydrogen-bond acceptors (Lipinski definition) is 9. The topological polar surface area (TPSA) is 128 Å². The maximum atomic E-state index is 15.2. The number of ether oxygens (including phenoxy) is 2. The fourth-order valence-electron chi connectivity index (χ4n) is 4.06. The number of pyridine rings is 1. The minimum absolute atomic E-state index is 0.191. The molecule has 0 saturated carbocycles. The molecule has 0 spiro atoms. The summed E-state index contributed by atoms with van der Waals surface area (Å²) >= 11 is 4.92. The minimum Gasteiger partial charge on any atom is -0.474 e. The molecule has 1 aromatic carbocycles. The van der Waals surface area contributed by atoms with E-state index in [1.165, 1.54) is 29.3 Å². The summed E-state index contributed by atoms with van der Waals surface area (Å²) in [6.45, 7) is 1.80. The SMILES string of the molecule is COC(=S)NC[C@H]1CN(c2ccc(N3CCNN(C(=O)CNC(=O)c4cccnc4)CC3)c(F)c2)C(=O)O1. The third-order valence-electron chi connectivity index (χ3n) is 6.02. The molecule has 38 heavy (non-hydrogen) atoms. The summed E-state index contributed by atoms with van der Waals surface area (Å²) in [6.07, 6.45) is 1.94. The number of nitrogens with one attached hydrogen (secondary N) is 3. The smallest absolute Gasteiger partial charge is 0.414 e. The third kappa shape index (κ3) is 6.63. The lowest BCUT2D eigenvalue weighted by Crippen LogP contribution is -2.48. The van der Waals surface area contributed by atoms with E-state index >= 15 is 4.39 Å². The summed E-state index contributed by atoms with van der Waals surface area (Å²) in [7, 11) is 1.44. The van der Waals surface area contributed by atoms with Crippen LogP contribution in [0.2, 0.25) is 0 Å². The number of halogens is 1. The number of thiocarbonyl (C=S) groups is 1. The van der Waals surface area contributed by atoms with Gasteiger partial charge in [-0.1, -0.05) is 0 Å². The molecule has 4 rings (SSSR count). The summed E-state index contributed by atoms with van der Waals surface area (Å²) in [6, 6.07) is 7.80. The van der Waals surface area contributed by atoms with Gasteiger partial charge < -0.3 is 25.0 Å². The fourth-order valence-corrected chi connectivity index (χ4v) is 4.15. The van der Waals surface area contributed by atoms with Gasteiger partial charge in [0, 0.05) is 32.0 Å². The Morgan fingerprint density at radius 3 is 2.84 bits per heavy atom. The second kappa shape index (κ2) is 12.5. The highest BCUT2D eigenvalue weighted by atomic mass is 32.1. The zero-order valence-corrected chi connectivity index (χ0v) is 21.5. The van der Waals surface area contributed by atoms with Crippen LogP contribution in [0.1, 0.15) is 10.4 Å². The molecule has 2 aliphatic rings. The first-order chi connectivity index (χ1) is 18.4. The van der Waals surface area contributed by atoms with Crippen molar-refractivity contribution >= 4 is 46.7 Å². The molecule has 12 nitrogen and oxygen atoms in total. The summed E-state index contributed by atoms with van der Waals surface area (Å²) in [5.41, 5.74) is 4.11. The highest BCUT2D eigenvalue weighted by Gasteiger charge is 2.33. The van der Waals surface area contributed by atoms with Crippen molar-refractivity contribution in [1.29, 1.82) is 0 Å². The van der Waals surface area contributed by atoms with Crippen LogP contribution in [0.3, 0.4) is 0 Å². The van der Waals surface area contributed by atoms with E-state index < -0.39 is 23.9 Å². The molecule has 202 valence electrons. The normalized spacial score (nSPS) is 17.5. The molecule has 3 heterocycles. The zero-order valence-electron chi connectivity index (χ0n) is 20.7. The van der Waals surface area contributed by atoms with Crippen molar-refractivity contribution in [3.05, 3.63) is 54.1 Å². The van der Waals surface area contributed by atoms with E-state index in [0.29, 0.717) is 36.6 Å². The summed E-state index contributed by atoms with van der Waals surface area (Å²) < 4.78 is 25.3. The Morgan fingerprint density at radius 2 is 2.11 bits per heavy atom. The van der Waals surface area contributed by atoms with Crippen LogP contribution in [0, 0.1) is 5.82 Å². The predicted molar refractivity (Wildman–Crippen MR) is 140 cm³/mol. The Hall–Kier alpha value is -4.04. The van der Waals surface area contributed by atoms with Crippen molar-refractivity contribution < 1.29 is 28.2 Å². The molecule has 2 aliphatic heterocycles. The van der Waals surface area contributed by atoms with E-state index in [4.69, 9.17) is 21.7 Å². The molecule has 3 amide bonds. The predicted octanol–water partition coefficient (Wildman–Crippen LogP) is 0.650. The minimum atomic E-state index is -0.573. The number of anilines is 2. The molecular formula is C24H28FN7O5S. The average Bonchev–Trinajstić information content (AvgIpc) is 3.14. The molecule has 1 atom stereocenters. The summed E-state index contributed by atoms with van der Waals surface area (Å²) in [5, 5.41) is 7.03. The molecule has 2 fully saturated rings. The van der Waals surface area contributed by atoms with Gasteiger partial charge in [-0.15, -0.1) is 0 Å². The van der Waals surface area contributed by atoms with Crippen LogP contribution in [0.5, 0.6) is 0 Å². The van der Waals surface area contributed by atoms with E-state index in [1.54, 1.807) is 30.5 Å². The first-order valence-electron chi connectivity index (χ1n) is 11.9. The van der Waals surface area contributed by atoms with Crippen molar-refractivity contribution in [2.24, 2.45) is 0 Å². The first kappa shape index (κ1) is 27.0. The number of hydrogen-bond donors (Lipinski definition) is 3. The molecule has 0 unspecified atom stereocenters. The van der Waals surface area contributed by atoms with Gasteiger partial charge >= 0.3 is 6.09 Å². The van der Waals surface area contributed by atoms with Crippen LogP contribution in [-0.2, 0) is 14.3 Å². The number of aromatic nitrogens is 1. The standard InChI is InChI=1S/C24H28FN7O5S/c1-36-23(38)28-13-18-15-31(24(35)37-18)17-4-5-20(19(25)11-17)30-8-7-29-32(10-9-30)21(33)14-27-22(34)16-3-2-6-26-12-16/h2-6,11-12,18,29H,7-10,13-15H2,1H3,(H,27,34)(H,28,38)/t18-/m0/s1. The van der Waals surface area contributed by atoms with Gasteiger partial charge in [-0.3, -0.25) is 24.5 Å². The van der Waals surface area contributed by atoms with Crippen LogP contribution in [0.25, 0.3) is 0 Å². The van der Waals surface area contributed by atoms with Crippen molar-refractivity contribution in [1.82, 2.24) is 26.1 Å². The monoisotopic (exact) mass is 545 g/mol. The van der Waals surface area contributed by atoms with Crippen LogP contribution < -0.4 is 25.9 Å². The van der Waals surface area contributed by atoms with Crippen molar-refractivity contribution in [2.75, 3.05) is 62.7 Å². The molecule has 14 heteroatoms. The Kier molecular flexibility index (Phi) is 8.86. The molecule has 2 saturated heterocycles. The van der Waals surface area contributed by atoms with Crippen LogP contribution >= 0.6 is 12.2 Å². The number of amides is 3. The number of nitrogens with zero attached hydrogens (tertiary/aromatic N) is 4. The van der Waals surface area contributed by atoms with Crippen molar-refractivity contribution in [3.63, 3.8) is 0 Å². The molecule has 0 radical (unpaired) electrons. The summed E-state index contributed by atoms with van der Waals surface area (Å²) in [5.74, 6) is -1.21. The van der Waals surface area contributed by atoms with Gasteiger partial charge in [-0.2, -0.15) is 0 Å². The number of carbonyl (C=O) groups excluding carboxylic acids is 3. The van der Waals surface area contributed by atoms with Gasteiger partial charge in [0.05, 0.1) is 50.2 Å². The lowest BCUT2D eigenvalue weighted by atomic mass is 10.2. The van der Waals surface area contributed by atoms with E-state index in [9.17, 15) is 14.4 Å². The van der Waals surface area contributed by atoms with Gasteiger partial charge in [0.2, 0.25) is 0 Å². The van der Waals surface area contributed by atoms with Crippen LogP contribution in [0.15, 0.2) is 42.7 Å². The number of methoxy groups -OCH3 is 1. The van der Waals surface area contributed by atoms with Gasteiger partial charge in [0.1, 0.15) is 11.9 Å². The second-order valence-corrected chi connectivity index (χ2v) is 8.86. The molecule has 2 aromatic rings. The summed E-state index contributed by atoms with van der Waals surface area (Å²) in [4.78, 5) is 44.2. The maximum Gasteiger partial charge on any atom is 0.414 e. The van der Waals surface area contributed by atoms with Crippen molar-refractivity contribution in [3.8, 4) is 0 Å². The average molecular weight is 546 g/mol. The van der Waals surface area contributed by atoms with Gasteiger partial charge in [0.15, 0.2) is 0 Å². The number of rotatable bonds is 7. The zero-order chi connectivity index (χ0) is 27.1. The molecule has 3 N–H and O–H groups in total. The lowest BCUT2D eigenvalue weighted by molar-refractivity contribution is -0.132. The first-order valence-corrected chi connectivity index (χ1v) is 12.3. The lowest BCUT2D eigenvalue weighted by Gasteiger charge is -2.24. The maximum absolute atomic E-state index is 15.2. The number of cyclic esters (lactones) is 1. The van der Waals surface area contributed by atoms with E-state index in [0.717, 1.165) is 0 Å². The largest absolute Gasteiger partial charge is 0.474 e. The Balaban J connectivity index is 1.31. The molecule has 0 bridgehead atoms. The van der Waals surface area contributed by atoms with E-state index in [2.05, 4.69) is 21.0 Å². The highest BCUT2D eigenvalue weighted by molar-refractivity contribution is 7.80. The Morgan fingerprint density at radius 1 is 1.26 bits per heavy atom. The van der Waals surface area contributed by atoms with Crippen LogP contribution in [0.4, 0.5) is 20.6 Å².